The lowest BCUT2D eigenvalue weighted by Gasteiger charge is -2.26. The van der Waals surface area contributed by atoms with E-state index in [1.165, 1.54) is 0 Å². The van der Waals surface area contributed by atoms with Crippen LogP contribution in [-0.4, -0.2) is 42.7 Å². The smallest absolute Gasteiger partial charge is 0.251 e. The third-order valence-electron chi connectivity index (χ3n) is 6.51. The predicted octanol–water partition coefficient (Wildman–Crippen LogP) is 4.24. The second kappa shape index (κ2) is 10.7. The number of rotatable bonds is 8. The molecule has 1 fully saturated rings. The molecule has 5 rings (SSSR count). The first-order chi connectivity index (χ1) is 17.6. The van der Waals surface area contributed by atoms with Gasteiger partial charge in [0.05, 0.1) is 12.3 Å². The summed E-state index contributed by atoms with van der Waals surface area (Å²) < 4.78 is 2.00. The maximum absolute atomic E-state index is 12.7. The minimum absolute atomic E-state index is 0.136. The Hall–Kier alpha value is -3.98. The van der Waals surface area contributed by atoms with E-state index in [2.05, 4.69) is 20.9 Å². The van der Waals surface area contributed by atoms with Gasteiger partial charge in [0, 0.05) is 30.4 Å². The van der Waals surface area contributed by atoms with Crippen LogP contribution in [0, 0.1) is 0 Å². The van der Waals surface area contributed by atoms with Crippen LogP contribution in [0.2, 0.25) is 0 Å². The highest BCUT2D eigenvalue weighted by Crippen LogP contribution is 2.25. The molecule has 0 spiro atoms. The molecule has 2 heterocycles. The Kier molecular flexibility index (Phi) is 7.08. The Morgan fingerprint density at radius 2 is 1.86 bits per heavy atom. The number of carbonyl (C=O) groups excluding carboxylic acids is 1. The zero-order valence-electron chi connectivity index (χ0n) is 20.3. The van der Waals surface area contributed by atoms with Gasteiger partial charge in [-0.15, -0.1) is 0 Å². The summed E-state index contributed by atoms with van der Waals surface area (Å²) in [7, 11) is 0. The first-order valence-electron chi connectivity index (χ1n) is 12.5. The van der Waals surface area contributed by atoms with Crippen LogP contribution in [0.4, 0.5) is 17.6 Å². The molecule has 0 bridgehead atoms. The lowest BCUT2D eigenvalue weighted by Crippen LogP contribution is -2.28. The van der Waals surface area contributed by atoms with Crippen molar-refractivity contribution in [1.29, 1.82) is 0 Å². The third kappa shape index (κ3) is 5.46. The van der Waals surface area contributed by atoms with Gasteiger partial charge in [-0.3, -0.25) is 9.36 Å². The fraction of sp³-hybridized carbons (Fsp3) is 0.333. The van der Waals surface area contributed by atoms with Crippen LogP contribution < -0.4 is 16.0 Å². The summed E-state index contributed by atoms with van der Waals surface area (Å²) >= 11 is 0. The quantitative estimate of drug-likeness (QED) is 0.295. The van der Waals surface area contributed by atoms with Gasteiger partial charge in [0.15, 0.2) is 5.65 Å². The molecule has 2 aromatic heterocycles. The molecule has 4 N–H and O–H groups in total. The molecule has 1 saturated carbocycles. The van der Waals surface area contributed by atoms with Crippen molar-refractivity contribution >= 4 is 34.7 Å². The van der Waals surface area contributed by atoms with Crippen molar-refractivity contribution in [3.8, 4) is 0 Å². The first kappa shape index (κ1) is 23.7. The number of nitrogens with one attached hydrogen (secondary N) is 3. The second-order valence-electron chi connectivity index (χ2n) is 9.11. The highest BCUT2D eigenvalue weighted by molar-refractivity contribution is 5.95. The minimum atomic E-state index is -0.199. The van der Waals surface area contributed by atoms with E-state index in [1.807, 2.05) is 60.0 Å². The zero-order chi connectivity index (χ0) is 24.9. The van der Waals surface area contributed by atoms with Gasteiger partial charge < -0.3 is 21.1 Å². The highest BCUT2D eigenvalue weighted by atomic mass is 16.3. The Morgan fingerprint density at radius 1 is 1.06 bits per heavy atom. The maximum atomic E-state index is 12.7. The molecule has 1 amide bonds. The van der Waals surface area contributed by atoms with Crippen LogP contribution in [0.25, 0.3) is 11.2 Å². The van der Waals surface area contributed by atoms with E-state index in [9.17, 15) is 9.90 Å². The zero-order valence-corrected chi connectivity index (χ0v) is 20.3. The van der Waals surface area contributed by atoms with Crippen molar-refractivity contribution in [2.45, 2.75) is 57.8 Å². The Labute approximate surface area is 210 Å². The fourth-order valence-corrected chi connectivity index (χ4v) is 4.53. The van der Waals surface area contributed by atoms with E-state index in [-0.39, 0.29) is 18.1 Å². The molecular weight excluding hydrogens is 454 g/mol. The molecule has 2 aromatic carbocycles. The molecule has 1 aliphatic rings. The molecule has 4 aromatic rings. The van der Waals surface area contributed by atoms with E-state index in [4.69, 9.17) is 9.97 Å². The van der Waals surface area contributed by atoms with Crippen molar-refractivity contribution in [3.05, 3.63) is 71.9 Å². The largest absolute Gasteiger partial charge is 0.393 e. The summed E-state index contributed by atoms with van der Waals surface area (Å²) in [4.78, 5) is 26.6. The molecule has 0 unspecified atom stereocenters. The van der Waals surface area contributed by atoms with E-state index in [0.29, 0.717) is 36.1 Å². The van der Waals surface area contributed by atoms with Crippen molar-refractivity contribution in [3.63, 3.8) is 0 Å². The fourth-order valence-electron chi connectivity index (χ4n) is 4.53. The monoisotopic (exact) mass is 485 g/mol. The number of imidazole rings is 1. The average Bonchev–Trinajstić information content (AvgIpc) is 3.25. The highest BCUT2D eigenvalue weighted by Gasteiger charge is 2.21. The van der Waals surface area contributed by atoms with E-state index >= 15 is 0 Å². The van der Waals surface area contributed by atoms with Crippen molar-refractivity contribution in [2.24, 2.45) is 0 Å². The lowest BCUT2D eigenvalue weighted by atomic mass is 9.93. The number of aliphatic hydroxyl groups excluding tert-OH is 1. The average molecular weight is 486 g/mol. The molecule has 9 nitrogen and oxygen atoms in total. The van der Waals surface area contributed by atoms with Crippen molar-refractivity contribution in [1.82, 2.24) is 24.8 Å². The summed E-state index contributed by atoms with van der Waals surface area (Å²) in [5.74, 6) is 1.08. The van der Waals surface area contributed by atoms with Gasteiger partial charge in [-0.05, 0) is 56.4 Å². The summed E-state index contributed by atoms with van der Waals surface area (Å²) in [6, 6.07) is 17.5. The molecule has 36 heavy (non-hydrogen) atoms. The normalized spacial score (nSPS) is 17.6. The number of fused-ring (bicyclic) bond motifs is 1. The third-order valence-corrected chi connectivity index (χ3v) is 6.51. The number of nitrogens with zero attached hydrogens (tertiary/aromatic N) is 4. The summed E-state index contributed by atoms with van der Waals surface area (Å²) in [5, 5.41) is 19.5. The molecule has 0 radical (unpaired) electrons. The maximum Gasteiger partial charge on any atom is 0.251 e. The van der Waals surface area contributed by atoms with Gasteiger partial charge in [-0.2, -0.15) is 4.98 Å². The SMILES string of the molecule is CCn1c(Nc2cccc(C(=O)NCc3ccccc3)c2)nc2cnc(NC3CCC(O)CC3)nc21. The van der Waals surface area contributed by atoms with Crippen LogP contribution in [0.3, 0.4) is 0 Å². The summed E-state index contributed by atoms with van der Waals surface area (Å²) in [6.07, 6.45) is 4.92. The second-order valence-corrected chi connectivity index (χ2v) is 9.11. The molecule has 186 valence electrons. The van der Waals surface area contributed by atoms with Crippen LogP contribution in [0.5, 0.6) is 0 Å². The van der Waals surface area contributed by atoms with Gasteiger partial charge in [-0.1, -0.05) is 36.4 Å². The first-order valence-corrected chi connectivity index (χ1v) is 12.5. The molecule has 0 saturated heterocycles. The summed E-state index contributed by atoms with van der Waals surface area (Å²) in [5.41, 5.74) is 3.82. The predicted molar refractivity (Wildman–Crippen MR) is 140 cm³/mol. The minimum Gasteiger partial charge on any atom is -0.393 e. The molecular formula is C27H31N7O2. The number of benzene rings is 2. The number of amides is 1. The number of hydrogen-bond donors (Lipinski definition) is 4. The van der Waals surface area contributed by atoms with E-state index in [0.717, 1.165) is 42.6 Å². The Morgan fingerprint density at radius 3 is 2.64 bits per heavy atom. The number of carbonyl (C=O) groups is 1. The van der Waals surface area contributed by atoms with Gasteiger partial charge in [0.1, 0.15) is 5.52 Å². The Bertz CT molecular complexity index is 1330. The van der Waals surface area contributed by atoms with Crippen molar-refractivity contribution < 1.29 is 9.90 Å². The van der Waals surface area contributed by atoms with Gasteiger partial charge in [-0.25, -0.2) is 9.97 Å². The van der Waals surface area contributed by atoms with Crippen LogP contribution in [0.1, 0.15) is 48.5 Å². The lowest BCUT2D eigenvalue weighted by molar-refractivity contribution is 0.0951. The number of hydrogen-bond acceptors (Lipinski definition) is 7. The van der Waals surface area contributed by atoms with Crippen LogP contribution in [-0.2, 0) is 13.1 Å². The number of anilines is 3. The van der Waals surface area contributed by atoms with E-state index in [1.54, 1.807) is 12.3 Å². The topological polar surface area (TPSA) is 117 Å². The number of aliphatic hydroxyl groups is 1. The Balaban J connectivity index is 1.30. The molecule has 0 atom stereocenters. The van der Waals surface area contributed by atoms with Gasteiger partial charge in [0.25, 0.3) is 5.91 Å². The van der Waals surface area contributed by atoms with Crippen LogP contribution in [0.15, 0.2) is 60.8 Å². The molecule has 1 aliphatic carbocycles. The van der Waals surface area contributed by atoms with Crippen LogP contribution >= 0.6 is 0 Å². The van der Waals surface area contributed by atoms with E-state index < -0.39 is 0 Å². The summed E-state index contributed by atoms with van der Waals surface area (Å²) in [6.45, 7) is 3.18. The number of aryl methyl sites for hydroxylation is 1. The standard InChI is InChI=1S/C27H31N7O2/c1-2-34-24-23(17-29-26(33-24)30-20-11-13-22(35)14-12-20)32-27(34)31-21-10-6-9-19(15-21)25(36)28-16-18-7-4-3-5-8-18/h3-10,15,17,20,22,35H,2,11-14,16H2,1H3,(H,28,36)(H,31,32)(H,29,30,33). The number of aromatic nitrogens is 4. The van der Waals surface area contributed by atoms with Gasteiger partial charge >= 0.3 is 0 Å². The van der Waals surface area contributed by atoms with Crippen molar-refractivity contribution in [2.75, 3.05) is 10.6 Å². The molecule has 0 aliphatic heterocycles. The molecule has 9 heteroatoms. The van der Waals surface area contributed by atoms with Gasteiger partial charge in [0.2, 0.25) is 11.9 Å².